The number of fused-ring (bicyclic) bond motifs is 1. The van der Waals surface area contributed by atoms with Gasteiger partial charge in [0.1, 0.15) is 18.2 Å². The van der Waals surface area contributed by atoms with Crippen molar-refractivity contribution in [2.24, 2.45) is 11.1 Å². The lowest BCUT2D eigenvalue weighted by Gasteiger charge is -2.27. The molecule has 3 aliphatic heterocycles. The highest BCUT2D eigenvalue weighted by Gasteiger charge is 2.50. The molecule has 5 rings (SSSR count). The highest BCUT2D eigenvalue weighted by Crippen LogP contribution is 2.32. The monoisotopic (exact) mass is 454 g/mol. The maximum atomic E-state index is 8.82. The van der Waals surface area contributed by atoms with Crippen LogP contribution >= 0.6 is 0 Å². The van der Waals surface area contributed by atoms with Crippen LogP contribution in [0.4, 0.5) is 0 Å². The molecule has 180 valence electrons. The topological polar surface area (TPSA) is 97.0 Å². The first-order valence-corrected chi connectivity index (χ1v) is 12.8. The molecule has 4 aliphatic rings. The normalized spacial score (nSPS) is 30.4. The van der Waals surface area contributed by atoms with Gasteiger partial charge in [-0.3, -0.25) is 10.3 Å². The fraction of sp³-hybridized carbons (Fsp3) is 0.720. The van der Waals surface area contributed by atoms with Crippen molar-refractivity contribution in [3.05, 3.63) is 35.4 Å². The van der Waals surface area contributed by atoms with E-state index in [2.05, 4.69) is 27.6 Å². The number of hydrogen-bond acceptors (Lipinski definition) is 7. The summed E-state index contributed by atoms with van der Waals surface area (Å²) in [4.78, 5) is 2.46. The van der Waals surface area contributed by atoms with Gasteiger partial charge in [-0.05, 0) is 62.9 Å². The van der Waals surface area contributed by atoms with Crippen molar-refractivity contribution in [1.29, 1.82) is 10.9 Å². The number of rotatable bonds is 8. The lowest BCUT2D eigenvalue weighted by Crippen LogP contribution is -2.46. The predicted octanol–water partition coefficient (Wildman–Crippen LogP) is 3.56. The molecular formula is C25H38N6O2. The summed E-state index contributed by atoms with van der Waals surface area (Å²) in [6.07, 6.45) is 9.02. The Bertz CT molecular complexity index is 823. The standard InChI is InChI=1S/C25H38N6O2/c26-25(20-10-6-9-19(13-20)15-30-11-4-5-12-30)31(29-27)22-17-33-23-21(16-32-24(22)23)28-14-18-7-2-1-3-8-18/h6,9-10,13,18,21-24,26-28H,1-5,7-8,11-12,14-17H2. The van der Waals surface area contributed by atoms with Gasteiger partial charge < -0.3 is 14.8 Å². The van der Waals surface area contributed by atoms with E-state index in [9.17, 15) is 0 Å². The first kappa shape index (κ1) is 22.9. The Morgan fingerprint density at radius 1 is 1.06 bits per heavy atom. The summed E-state index contributed by atoms with van der Waals surface area (Å²) < 4.78 is 12.3. The molecule has 8 heteroatoms. The Morgan fingerprint density at radius 3 is 2.64 bits per heavy atom. The van der Waals surface area contributed by atoms with E-state index in [1.165, 1.54) is 55.5 Å². The lowest BCUT2D eigenvalue weighted by molar-refractivity contribution is 0.0554. The molecule has 4 unspecified atom stereocenters. The van der Waals surface area contributed by atoms with Gasteiger partial charge in [-0.2, -0.15) is 5.53 Å². The van der Waals surface area contributed by atoms with Crippen molar-refractivity contribution >= 4 is 5.84 Å². The molecule has 0 spiro atoms. The third-order valence-corrected chi connectivity index (χ3v) is 7.88. The molecule has 3 heterocycles. The van der Waals surface area contributed by atoms with Crippen LogP contribution in [0.2, 0.25) is 0 Å². The predicted molar refractivity (Wildman–Crippen MR) is 126 cm³/mol. The zero-order chi connectivity index (χ0) is 22.6. The van der Waals surface area contributed by atoms with E-state index in [1.54, 1.807) is 0 Å². The minimum absolute atomic E-state index is 0.0443. The zero-order valence-electron chi connectivity index (χ0n) is 19.5. The van der Waals surface area contributed by atoms with Gasteiger partial charge in [-0.1, -0.05) is 42.7 Å². The number of nitrogens with one attached hydrogen (secondary N) is 3. The lowest BCUT2D eigenvalue weighted by atomic mass is 9.89. The van der Waals surface area contributed by atoms with E-state index in [4.69, 9.17) is 20.4 Å². The van der Waals surface area contributed by atoms with E-state index in [0.717, 1.165) is 37.7 Å². The number of ether oxygens (including phenoxy) is 2. The molecule has 0 aromatic heterocycles. The summed E-state index contributed by atoms with van der Waals surface area (Å²) in [6.45, 7) is 5.26. The Hall–Kier alpha value is -1.87. The largest absolute Gasteiger partial charge is 0.371 e. The first-order chi connectivity index (χ1) is 16.2. The second kappa shape index (κ2) is 10.6. The van der Waals surface area contributed by atoms with E-state index in [1.807, 2.05) is 12.1 Å². The molecule has 4 atom stereocenters. The average Bonchev–Trinajstić information content (AvgIpc) is 3.59. The molecule has 0 bridgehead atoms. The SMILES string of the molecule is N=NN(C(=N)c1cccc(CN2CCCC2)c1)C1COC2C(NCC3CCCCC3)COC21. The minimum atomic E-state index is -0.247. The highest BCUT2D eigenvalue weighted by molar-refractivity contribution is 5.96. The fourth-order valence-corrected chi connectivity index (χ4v) is 6.01. The van der Waals surface area contributed by atoms with Crippen LogP contribution in [0.3, 0.4) is 0 Å². The molecule has 1 aliphatic carbocycles. The van der Waals surface area contributed by atoms with E-state index >= 15 is 0 Å². The first-order valence-electron chi connectivity index (χ1n) is 12.8. The van der Waals surface area contributed by atoms with E-state index in [-0.39, 0.29) is 30.1 Å². The summed E-state index contributed by atoms with van der Waals surface area (Å²) >= 11 is 0. The number of likely N-dealkylation sites (tertiary alicyclic amines) is 1. The van der Waals surface area contributed by atoms with Crippen LogP contribution in [0.1, 0.15) is 56.1 Å². The summed E-state index contributed by atoms with van der Waals surface area (Å²) in [5, 5.41) is 17.8. The summed E-state index contributed by atoms with van der Waals surface area (Å²) in [5.74, 6) is 1.00. The van der Waals surface area contributed by atoms with Gasteiger partial charge >= 0.3 is 0 Å². The van der Waals surface area contributed by atoms with Crippen molar-refractivity contribution in [2.75, 3.05) is 32.8 Å². The van der Waals surface area contributed by atoms with Crippen molar-refractivity contribution in [3.63, 3.8) is 0 Å². The van der Waals surface area contributed by atoms with E-state index < -0.39 is 0 Å². The van der Waals surface area contributed by atoms with Crippen LogP contribution in [0.5, 0.6) is 0 Å². The number of benzene rings is 1. The van der Waals surface area contributed by atoms with Gasteiger partial charge in [0.05, 0.1) is 19.3 Å². The molecule has 4 fully saturated rings. The number of amidine groups is 1. The second-order valence-corrected chi connectivity index (χ2v) is 10.2. The maximum absolute atomic E-state index is 8.82. The third-order valence-electron chi connectivity index (χ3n) is 7.88. The molecule has 1 saturated carbocycles. The molecule has 3 N–H and O–H groups in total. The second-order valence-electron chi connectivity index (χ2n) is 10.2. The Morgan fingerprint density at radius 2 is 1.85 bits per heavy atom. The molecule has 0 radical (unpaired) electrons. The van der Waals surface area contributed by atoms with Gasteiger partial charge in [0.2, 0.25) is 0 Å². The zero-order valence-corrected chi connectivity index (χ0v) is 19.5. The van der Waals surface area contributed by atoms with Crippen LogP contribution < -0.4 is 5.32 Å². The van der Waals surface area contributed by atoms with Crippen molar-refractivity contribution in [2.45, 2.75) is 75.8 Å². The third kappa shape index (κ3) is 5.14. The summed E-state index contributed by atoms with van der Waals surface area (Å²) in [5.41, 5.74) is 9.82. The Labute approximate surface area is 197 Å². The van der Waals surface area contributed by atoms with Crippen LogP contribution in [-0.4, -0.2) is 72.9 Å². The molecule has 3 saturated heterocycles. The Kier molecular flexibility index (Phi) is 7.35. The Balaban J connectivity index is 1.20. The van der Waals surface area contributed by atoms with Crippen LogP contribution in [0.25, 0.3) is 0 Å². The van der Waals surface area contributed by atoms with Crippen molar-refractivity contribution < 1.29 is 9.47 Å². The van der Waals surface area contributed by atoms with Crippen LogP contribution in [0.15, 0.2) is 29.5 Å². The molecule has 1 aromatic carbocycles. The van der Waals surface area contributed by atoms with E-state index in [0.29, 0.717) is 13.2 Å². The molecule has 1 aromatic rings. The van der Waals surface area contributed by atoms with Gasteiger partial charge in [0.15, 0.2) is 5.84 Å². The highest BCUT2D eigenvalue weighted by atomic mass is 16.6. The maximum Gasteiger partial charge on any atom is 0.150 e. The van der Waals surface area contributed by atoms with Crippen molar-refractivity contribution in [3.8, 4) is 0 Å². The quantitative estimate of drug-likeness (QED) is 0.242. The smallest absolute Gasteiger partial charge is 0.150 e. The van der Waals surface area contributed by atoms with Crippen LogP contribution in [-0.2, 0) is 16.0 Å². The van der Waals surface area contributed by atoms with Gasteiger partial charge in [0.25, 0.3) is 0 Å². The van der Waals surface area contributed by atoms with Gasteiger partial charge in [-0.15, -0.1) is 0 Å². The minimum Gasteiger partial charge on any atom is -0.371 e. The van der Waals surface area contributed by atoms with Gasteiger partial charge in [0, 0.05) is 12.1 Å². The fourth-order valence-electron chi connectivity index (χ4n) is 6.01. The van der Waals surface area contributed by atoms with Crippen LogP contribution in [0, 0.1) is 16.9 Å². The number of nitrogens with zero attached hydrogens (tertiary/aromatic N) is 3. The molecule has 0 amide bonds. The number of hydrogen-bond donors (Lipinski definition) is 3. The average molecular weight is 455 g/mol. The molecular weight excluding hydrogens is 416 g/mol. The molecule has 8 nitrogen and oxygen atoms in total. The van der Waals surface area contributed by atoms with Gasteiger partial charge in [-0.25, -0.2) is 5.01 Å². The summed E-state index contributed by atoms with van der Waals surface area (Å²) in [7, 11) is 0. The molecule has 33 heavy (non-hydrogen) atoms. The van der Waals surface area contributed by atoms with Crippen molar-refractivity contribution in [1.82, 2.24) is 15.2 Å². The summed E-state index contributed by atoms with van der Waals surface area (Å²) in [6, 6.07) is 8.05.